The number of methoxy groups -OCH3 is 1. The van der Waals surface area contributed by atoms with Crippen LogP contribution in [0.25, 0.3) is 0 Å². The first-order valence-corrected chi connectivity index (χ1v) is 6.52. The Bertz CT molecular complexity index is 348. The first kappa shape index (κ1) is 14.2. The van der Waals surface area contributed by atoms with E-state index in [9.17, 15) is 0 Å². The standard InChI is InChI=1S/C11H19BrN4O/c1-4-8(7-17-3)15-10-9(12)6-14-11(16-10)13-5-2/h6,8H,4-5,7H2,1-3H3,(H2,13,14,15,16). The molecule has 0 saturated heterocycles. The lowest BCUT2D eigenvalue weighted by Crippen LogP contribution is -2.25. The molecule has 0 aromatic carbocycles. The van der Waals surface area contributed by atoms with E-state index in [1.165, 1.54) is 0 Å². The van der Waals surface area contributed by atoms with Crippen LogP contribution in [0, 0.1) is 0 Å². The molecule has 1 unspecified atom stereocenters. The van der Waals surface area contributed by atoms with Crippen molar-refractivity contribution in [2.45, 2.75) is 26.3 Å². The topological polar surface area (TPSA) is 59.1 Å². The quantitative estimate of drug-likeness (QED) is 0.810. The van der Waals surface area contributed by atoms with Crippen LogP contribution in [0.2, 0.25) is 0 Å². The number of ether oxygens (including phenoxy) is 1. The molecule has 1 heterocycles. The molecule has 0 spiro atoms. The molecule has 1 atom stereocenters. The number of nitrogens with zero attached hydrogens (tertiary/aromatic N) is 2. The summed E-state index contributed by atoms with van der Waals surface area (Å²) in [5.41, 5.74) is 0. The minimum Gasteiger partial charge on any atom is -0.383 e. The number of hydrogen-bond acceptors (Lipinski definition) is 5. The van der Waals surface area contributed by atoms with Gasteiger partial charge in [-0.25, -0.2) is 4.98 Å². The first-order valence-electron chi connectivity index (χ1n) is 5.73. The van der Waals surface area contributed by atoms with Crippen LogP contribution in [-0.4, -0.2) is 36.3 Å². The molecule has 2 N–H and O–H groups in total. The Morgan fingerprint density at radius 3 is 2.82 bits per heavy atom. The lowest BCUT2D eigenvalue weighted by molar-refractivity contribution is 0.184. The molecular weight excluding hydrogens is 284 g/mol. The molecule has 0 aliphatic heterocycles. The predicted octanol–water partition coefficient (Wildman–Crippen LogP) is 2.51. The predicted molar refractivity (Wildman–Crippen MR) is 73.5 cm³/mol. The Morgan fingerprint density at radius 1 is 1.47 bits per heavy atom. The maximum absolute atomic E-state index is 5.15. The Hall–Kier alpha value is -0.880. The number of aromatic nitrogens is 2. The Morgan fingerprint density at radius 2 is 2.24 bits per heavy atom. The monoisotopic (exact) mass is 302 g/mol. The summed E-state index contributed by atoms with van der Waals surface area (Å²) >= 11 is 3.43. The molecule has 0 saturated carbocycles. The second kappa shape index (κ2) is 7.45. The summed E-state index contributed by atoms with van der Waals surface area (Å²) in [4.78, 5) is 8.56. The van der Waals surface area contributed by atoms with Crippen LogP contribution >= 0.6 is 15.9 Å². The van der Waals surface area contributed by atoms with Gasteiger partial charge in [0.15, 0.2) is 0 Å². The van der Waals surface area contributed by atoms with Crippen molar-refractivity contribution in [3.8, 4) is 0 Å². The average molecular weight is 303 g/mol. The molecule has 0 bridgehead atoms. The summed E-state index contributed by atoms with van der Waals surface area (Å²) in [6.07, 6.45) is 2.72. The van der Waals surface area contributed by atoms with Crippen LogP contribution in [0.4, 0.5) is 11.8 Å². The number of hydrogen-bond donors (Lipinski definition) is 2. The van der Waals surface area contributed by atoms with Crippen molar-refractivity contribution in [1.82, 2.24) is 9.97 Å². The highest BCUT2D eigenvalue weighted by Gasteiger charge is 2.10. The average Bonchev–Trinajstić information content (AvgIpc) is 2.33. The molecule has 1 aromatic rings. The third-order valence-corrected chi connectivity index (χ3v) is 2.86. The van der Waals surface area contributed by atoms with Crippen molar-refractivity contribution in [3.63, 3.8) is 0 Å². The van der Waals surface area contributed by atoms with Crippen LogP contribution in [-0.2, 0) is 4.74 Å². The molecule has 1 aromatic heterocycles. The zero-order chi connectivity index (χ0) is 12.7. The van der Waals surface area contributed by atoms with Crippen molar-refractivity contribution < 1.29 is 4.74 Å². The number of halogens is 1. The van der Waals surface area contributed by atoms with Gasteiger partial charge >= 0.3 is 0 Å². The number of anilines is 2. The molecule has 17 heavy (non-hydrogen) atoms. The van der Waals surface area contributed by atoms with Crippen LogP contribution < -0.4 is 10.6 Å². The van der Waals surface area contributed by atoms with E-state index in [-0.39, 0.29) is 6.04 Å². The molecule has 96 valence electrons. The molecule has 0 aliphatic rings. The van der Waals surface area contributed by atoms with Gasteiger partial charge < -0.3 is 15.4 Å². The molecule has 5 nitrogen and oxygen atoms in total. The van der Waals surface area contributed by atoms with Crippen molar-refractivity contribution in [2.24, 2.45) is 0 Å². The summed E-state index contributed by atoms with van der Waals surface area (Å²) in [6, 6.07) is 0.251. The fourth-order valence-corrected chi connectivity index (χ4v) is 1.67. The van der Waals surface area contributed by atoms with E-state index in [0.717, 1.165) is 23.3 Å². The van der Waals surface area contributed by atoms with Crippen molar-refractivity contribution in [1.29, 1.82) is 0 Å². The SMILES string of the molecule is CCNc1ncc(Br)c(NC(CC)COC)n1. The van der Waals surface area contributed by atoms with E-state index < -0.39 is 0 Å². The number of nitrogens with one attached hydrogen (secondary N) is 2. The first-order chi connectivity index (χ1) is 8.21. The van der Waals surface area contributed by atoms with Gasteiger partial charge in [0.25, 0.3) is 0 Å². The van der Waals surface area contributed by atoms with E-state index in [1.807, 2.05) is 6.92 Å². The largest absolute Gasteiger partial charge is 0.383 e. The molecular formula is C11H19BrN4O. The van der Waals surface area contributed by atoms with Gasteiger partial charge in [-0.2, -0.15) is 4.98 Å². The van der Waals surface area contributed by atoms with Crippen molar-refractivity contribution >= 4 is 27.7 Å². The van der Waals surface area contributed by atoms with Crippen molar-refractivity contribution in [2.75, 3.05) is 30.9 Å². The summed E-state index contributed by atoms with van der Waals surface area (Å²) in [7, 11) is 1.70. The van der Waals surface area contributed by atoms with Gasteiger partial charge in [-0.05, 0) is 29.3 Å². The minimum atomic E-state index is 0.251. The lowest BCUT2D eigenvalue weighted by atomic mass is 10.2. The fourth-order valence-electron chi connectivity index (χ4n) is 1.37. The smallest absolute Gasteiger partial charge is 0.224 e. The summed E-state index contributed by atoms with van der Waals surface area (Å²) in [5.74, 6) is 1.42. The summed E-state index contributed by atoms with van der Waals surface area (Å²) in [6.45, 7) is 5.58. The van der Waals surface area contributed by atoms with Gasteiger partial charge in [-0.15, -0.1) is 0 Å². The third kappa shape index (κ3) is 4.47. The number of rotatable bonds is 7. The zero-order valence-corrected chi connectivity index (χ0v) is 12.0. The van der Waals surface area contributed by atoms with E-state index in [2.05, 4.69) is 43.5 Å². The molecule has 1 rings (SSSR count). The van der Waals surface area contributed by atoms with E-state index in [1.54, 1.807) is 13.3 Å². The second-order valence-corrected chi connectivity index (χ2v) is 4.48. The molecule has 0 radical (unpaired) electrons. The Kier molecular flexibility index (Phi) is 6.21. The van der Waals surface area contributed by atoms with E-state index in [4.69, 9.17) is 4.74 Å². The normalized spacial score (nSPS) is 12.2. The van der Waals surface area contributed by atoms with E-state index >= 15 is 0 Å². The minimum absolute atomic E-state index is 0.251. The highest BCUT2D eigenvalue weighted by molar-refractivity contribution is 9.10. The molecule has 6 heteroatoms. The van der Waals surface area contributed by atoms with Gasteiger partial charge in [-0.3, -0.25) is 0 Å². The maximum atomic E-state index is 5.15. The van der Waals surface area contributed by atoms with Gasteiger partial charge in [-0.1, -0.05) is 6.92 Å². The van der Waals surface area contributed by atoms with Crippen LogP contribution in [0.5, 0.6) is 0 Å². The highest BCUT2D eigenvalue weighted by Crippen LogP contribution is 2.21. The summed E-state index contributed by atoms with van der Waals surface area (Å²) < 4.78 is 6.00. The molecule has 0 aliphatic carbocycles. The Balaban J connectivity index is 2.76. The zero-order valence-electron chi connectivity index (χ0n) is 10.5. The van der Waals surface area contributed by atoms with Crippen LogP contribution in [0.1, 0.15) is 20.3 Å². The van der Waals surface area contributed by atoms with Crippen molar-refractivity contribution in [3.05, 3.63) is 10.7 Å². The fraction of sp³-hybridized carbons (Fsp3) is 0.636. The molecule has 0 amide bonds. The van der Waals surface area contributed by atoms with Crippen LogP contribution in [0.15, 0.2) is 10.7 Å². The maximum Gasteiger partial charge on any atom is 0.224 e. The third-order valence-electron chi connectivity index (χ3n) is 2.28. The molecule has 0 fully saturated rings. The lowest BCUT2D eigenvalue weighted by Gasteiger charge is -2.17. The second-order valence-electron chi connectivity index (χ2n) is 3.63. The van der Waals surface area contributed by atoms with Gasteiger partial charge in [0.1, 0.15) is 5.82 Å². The Labute approximate surface area is 111 Å². The van der Waals surface area contributed by atoms with Crippen LogP contribution in [0.3, 0.4) is 0 Å². The van der Waals surface area contributed by atoms with E-state index in [0.29, 0.717) is 12.6 Å². The van der Waals surface area contributed by atoms with Gasteiger partial charge in [0.2, 0.25) is 5.95 Å². The highest BCUT2D eigenvalue weighted by atomic mass is 79.9. The summed E-state index contributed by atoms with van der Waals surface area (Å²) in [5, 5.41) is 6.42. The van der Waals surface area contributed by atoms with Gasteiger partial charge in [0.05, 0.1) is 17.1 Å². The van der Waals surface area contributed by atoms with Gasteiger partial charge in [0, 0.05) is 19.9 Å².